The number of nitrogens with zero attached hydrogens (tertiary/aromatic N) is 4. The Kier molecular flexibility index (Phi) is 6.61. The number of hydrogen-bond acceptors (Lipinski definition) is 6. The molecule has 0 saturated heterocycles. The molecule has 0 bridgehead atoms. The van der Waals surface area contributed by atoms with Gasteiger partial charge in [0.2, 0.25) is 5.95 Å². The van der Waals surface area contributed by atoms with Gasteiger partial charge in [-0.15, -0.1) is 0 Å². The van der Waals surface area contributed by atoms with Gasteiger partial charge in [0.25, 0.3) is 5.56 Å². The molecule has 3 aromatic rings. The molecule has 9 nitrogen and oxygen atoms in total. The third kappa shape index (κ3) is 4.56. The molecule has 0 saturated carbocycles. The summed E-state index contributed by atoms with van der Waals surface area (Å²) < 4.78 is 9.66. The summed E-state index contributed by atoms with van der Waals surface area (Å²) in [5, 5.41) is 13.8. The standard InChI is InChI=1S/C21H29N5O4/c1-14(2)10-11-22-20-23-18-17(19(28)25(4)21(29)24(18)3)26(20)12-15(27)13-30-16-8-6-5-7-9-16/h5-9,14-15,27H,10-13H2,1-4H3,(H,22,23)/t15-/m0/s1. The van der Waals surface area contributed by atoms with E-state index >= 15 is 0 Å². The van der Waals surface area contributed by atoms with E-state index in [0.717, 1.165) is 11.0 Å². The Morgan fingerprint density at radius 2 is 1.83 bits per heavy atom. The second kappa shape index (κ2) is 9.17. The average molecular weight is 415 g/mol. The van der Waals surface area contributed by atoms with Crippen molar-refractivity contribution in [2.45, 2.75) is 32.9 Å². The zero-order chi connectivity index (χ0) is 21.8. The topological polar surface area (TPSA) is 103 Å². The molecule has 162 valence electrons. The molecule has 2 heterocycles. The summed E-state index contributed by atoms with van der Waals surface area (Å²) >= 11 is 0. The van der Waals surface area contributed by atoms with Gasteiger partial charge in [-0.05, 0) is 24.5 Å². The van der Waals surface area contributed by atoms with Gasteiger partial charge in [-0.2, -0.15) is 4.98 Å². The van der Waals surface area contributed by atoms with Gasteiger partial charge in [-0.25, -0.2) is 4.79 Å². The molecule has 9 heteroatoms. The summed E-state index contributed by atoms with van der Waals surface area (Å²) in [5.41, 5.74) is -0.343. The van der Waals surface area contributed by atoms with Crippen molar-refractivity contribution < 1.29 is 9.84 Å². The van der Waals surface area contributed by atoms with E-state index in [1.165, 1.54) is 11.6 Å². The van der Waals surface area contributed by atoms with Gasteiger partial charge in [0.15, 0.2) is 11.2 Å². The van der Waals surface area contributed by atoms with Crippen LogP contribution < -0.4 is 21.3 Å². The first-order chi connectivity index (χ1) is 14.3. The van der Waals surface area contributed by atoms with Gasteiger partial charge < -0.3 is 19.7 Å². The van der Waals surface area contributed by atoms with E-state index in [9.17, 15) is 14.7 Å². The van der Waals surface area contributed by atoms with E-state index in [-0.39, 0.29) is 24.3 Å². The van der Waals surface area contributed by atoms with Crippen LogP contribution in [0.1, 0.15) is 20.3 Å². The Bertz CT molecular complexity index is 1110. The first-order valence-electron chi connectivity index (χ1n) is 10.1. The number of aliphatic hydroxyl groups is 1. The van der Waals surface area contributed by atoms with E-state index in [0.29, 0.717) is 24.2 Å². The van der Waals surface area contributed by atoms with Crippen molar-refractivity contribution in [3.63, 3.8) is 0 Å². The number of para-hydroxylation sites is 1. The van der Waals surface area contributed by atoms with E-state index in [4.69, 9.17) is 4.74 Å². The van der Waals surface area contributed by atoms with Gasteiger partial charge >= 0.3 is 5.69 Å². The number of nitrogens with one attached hydrogen (secondary N) is 1. The van der Waals surface area contributed by atoms with Crippen LogP contribution in [0.4, 0.5) is 5.95 Å². The van der Waals surface area contributed by atoms with E-state index in [2.05, 4.69) is 24.1 Å². The number of aliphatic hydroxyl groups excluding tert-OH is 1. The molecule has 0 unspecified atom stereocenters. The minimum Gasteiger partial charge on any atom is -0.491 e. The smallest absolute Gasteiger partial charge is 0.332 e. The second-order valence-corrected chi connectivity index (χ2v) is 7.81. The third-order valence-corrected chi connectivity index (χ3v) is 4.93. The molecule has 30 heavy (non-hydrogen) atoms. The number of aromatic nitrogens is 4. The maximum Gasteiger partial charge on any atom is 0.332 e. The molecule has 0 amide bonds. The summed E-state index contributed by atoms with van der Waals surface area (Å²) in [6, 6.07) is 9.21. The zero-order valence-electron chi connectivity index (χ0n) is 17.8. The van der Waals surface area contributed by atoms with Crippen molar-refractivity contribution in [2.75, 3.05) is 18.5 Å². The molecular weight excluding hydrogens is 386 g/mol. The SMILES string of the molecule is CC(C)CCNc1nc2c(c(=O)n(C)c(=O)n2C)n1C[C@H](O)COc1ccccc1. The van der Waals surface area contributed by atoms with Crippen LogP contribution in [0, 0.1) is 5.92 Å². The van der Waals surface area contributed by atoms with Crippen molar-refractivity contribution in [3.8, 4) is 5.75 Å². The number of hydrogen-bond donors (Lipinski definition) is 2. The van der Waals surface area contributed by atoms with Crippen LogP contribution in [0.3, 0.4) is 0 Å². The molecule has 2 aromatic heterocycles. The third-order valence-electron chi connectivity index (χ3n) is 4.93. The van der Waals surface area contributed by atoms with Crippen LogP contribution in [0.2, 0.25) is 0 Å². The lowest BCUT2D eigenvalue weighted by atomic mass is 10.1. The highest BCUT2D eigenvalue weighted by atomic mass is 16.5. The van der Waals surface area contributed by atoms with Gasteiger partial charge in [0, 0.05) is 20.6 Å². The lowest BCUT2D eigenvalue weighted by molar-refractivity contribution is 0.0938. The van der Waals surface area contributed by atoms with Crippen molar-refractivity contribution in [1.82, 2.24) is 18.7 Å². The maximum absolute atomic E-state index is 12.8. The largest absolute Gasteiger partial charge is 0.491 e. The van der Waals surface area contributed by atoms with Gasteiger partial charge in [0.1, 0.15) is 18.5 Å². The lowest BCUT2D eigenvalue weighted by Crippen LogP contribution is -2.38. The van der Waals surface area contributed by atoms with Crippen LogP contribution in [-0.4, -0.2) is 43.0 Å². The molecule has 0 aliphatic carbocycles. The normalized spacial score (nSPS) is 12.5. The van der Waals surface area contributed by atoms with Crippen molar-refractivity contribution in [3.05, 3.63) is 51.2 Å². The molecule has 1 aromatic carbocycles. The number of benzene rings is 1. The summed E-state index contributed by atoms with van der Waals surface area (Å²) in [7, 11) is 3.01. The predicted molar refractivity (Wildman–Crippen MR) is 116 cm³/mol. The number of rotatable bonds is 9. The number of imidazole rings is 1. The van der Waals surface area contributed by atoms with E-state index < -0.39 is 17.4 Å². The molecular formula is C21H29N5O4. The van der Waals surface area contributed by atoms with Crippen LogP contribution >= 0.6 is 0 Å². The Morgan fingerprint density at radius 3 is 2.50 bits per heavy atom. The fourth-order valence-electron chi connectivity index (χ4n) is 3.20. The molecule has 0 fully saturated rings. The van der Waals surface area contributed by atoms with Crippen molar-refractivity contribution in [2.24, 2.45) is 20.0 Å². The molecule has 1 atom stereocenters. The first-order valence-corrected chi connectivity index (χ1v) is 10.1. The lowest BCUT2D eigenvalue weighted by Gasteiger charge is -2.16. The second-order valence-electron chi connectivity index (χ2n) is 7.81. The minimum absolute atomic E-state index is 0.0567. The highest BCUT2D eigenvalue weighted by Crippen LogP contribution is 2.17. The summed E-state index contributed by atoms with van der Waals surface area (Å²) in [6.45, 7) is 5.05. The van der Waals surface area contributed by atoms with E-state index in [1.54, 1.807) is 11.6 Å². The fraction of sp³-hybridized carbons (Fsp3) is 0.476. The van der Waals surface area contributed by atoms with Crippen LogP contribution in [0.25, 0.3) is 11.2 Å². The van der Waals surface area contributed by atoms with E-state index in [1.807, 2.05) is 30.3 Å². The predicted octanol–water partition coefficient (Wildman–Crippen LogP) is 1.33. The molecule has 0 aliphatic heterocycles. The van der Waals surface area contributed by atoms with Crippen LogP contribution in [0.5, 0.6) is 5.75 Å². The Balaban J connectivity index is 1.93. The van der Waals surface area contributed by atoms with Crippen LogP contribution in [0.15, 0.2) is 39.9 Å². The highest BCUT2D eigenvalue weighted by molar-refractivity contribution is 5.74. The van der Waals surface area contributed by atoms with Gasteiger partial charge in [-0.3, -0.25) is 13.9 Å². The Hall–Kier alpha value is -3.07. The molecule has 3 rings (SSSR count). The van der Waals surface area contributed by atoms with Gasteiger partial charge in [0.05, 0.1) is 6.54 Å². The molecule has 0 radical (unpaired) electrons. The monoisotopic (exact) mass is 415 g/mol. The Morgan fingerprint density at radius 1 is 1.13 bits per heavy atom. The number of ether oxygens (including phenoxy) is 1. The number of aryl methyl sites for hydroxylation is 1. The average Bonchev–Trinajstić information content (AvgIpc) is 3.08. The summed E-state index contributed by atoms with van der Waals surface area (Å²) in [4.78, 5) is 29.6. The first kappa shape index (κ1) is 21.6. The van der Waals surface area contributed by atoms with Gasteiger partial charge in [-0.1, -0.05) is 32.0 Å². The zero-order valence-corrected chi connectivity index (χ0v) is 17.8. The molecule has 0 aliphatic rings. The Labute approximate surface area is 174 Å². The van der Waals surface area contributed by atoms with Crippen LogP contribution in [-0.2, 0) is 20.6 Å². The fourth-order valence-corrected chi connectivity index (χ4v) is 3.20. The molecule has 0 spiro atoms. The molecule has 2 N–H and O–H groups in total. The maximum atomic E-state index is 12.8. The summed E-state index contributed by atoms with van der Waals surface area (Å²) in [5.74, 6) is 1.60. The highest BCUT2D eigenvalue weighted by Gasteiger charge is 2.21. The quantitative estimate of drug-likeness (QED) is 0.547. The minimum atomic E-state index is -0.879. The number of fused-ring (bicyclic) bond motifs is 1. The number of anilines is 1. The summed E-state index contributed by atoms with van der Waals surface area (Å²) in [6.07, 6.45) is 0.0370. The van der Waals surface area contributed by atoms with Crippen molar-refractivity contribution in [1.29, 1.82) is 0 Å². The van der Waals surface area contributed by atoms with Crippen molar-refractivity contribution >= 4 is 17.1 Å².